The van der Waals surface area contributed by atoms with Crippen LogP contribution in [0.4, 0.5) is 0 Å². The summed E-state index contributed by atoms with van der Waals surface area (Å²) in [5.74, 6) is 0. The van der Waals surface area contributed by atoms with Gasteiger partial charge in [0.05, 0.1) is 12.2 Å². The second-order valence-corrected chi connectivity index (χ2v) is 2.32. The Bertz CT molecular complexity index is 101. The first-order valence-corrected chi connectivity index (χ1v) is 3.25. The molecule has 0 aromatic heterocycles. The normalized spacial score (nSPS) is 43.6. The summed E-state index contributed by atoms with van der Waals surface area (Å²) >= 11 is 0. The minimum atomic E-state index is -0.0754. The molecule has 3 unspecified atom stereocenters. The molecule has 0 aromatic carbocycles. The Morgan fingerprint density at radius 1 is 1.56 bits per heavy atom. The van der Waals surface area contributed by atoms with Gasteiger partial charge in [-0.05, 0) is 6.92 Å². The van der Waals surface area contributed by atoms with E-state index in [0.29, 0.717) is 6.54 Å². The molecule has 0 bridgehead atoms. The Morgan fingerprint density at radius 2 is 2.22 bits per heavy atom. The SMILES string of the molecule is BC1OC(C)C(CN)O1. The number of hydrogen-bond acceptors (Lipinski definition) is 3. The fourth-order valence-electron chi connectivity index (χ4n) is 1.03. The quantitative estimate of drug-likeness (QED) is 0.446. The summed E-state index contributed by atoms with van der Waals surface area (Å²) in [4.78, 5) is 0. The van der Waals surface area contributed by atoms with Crippen molar-refractivity contribution in [3.05, 3.63) is 0 Å². The highest BCUT2D eigenvalue weighted by Gasteiger charge is 2.28. The Kier molecular flexibility index (Phi) is 2.11. The Hall–Kier alpha value is -0.0551. The maximum atomic E-state index is 5.38. The molecular weight excluding hydrogens is 117 g/mol. The highest BCUT2D eigenvalue weighted by atomic mass is 16.7. The highest BCUT2D eigenvalue weighted by Crippen LogP contribution is 2.14. The second kappa shape index (κ2) is 2.69. The first-order chi connectivity index (χ1) is 4.24. The standard InChI is InChI=1S/C5H12BNO2/c1-3-4(2-7)9-5(6)8-3/h3-5H,2,6-7H2,1H3. The third kappa shape index (κ3) is 1.44. The van der Waals surface area contributed by atoms with Gasteiger partial charge >= 0.3 is 0 Å². The lowest BCUT2D eigenvalue weighted by atomic mass is 10.1. The molecule has 0 amide bonds. The summed E-state index contributed by atoms with van der Waals surface area (Å²) < 4.78 is 10.5. The Labute approximate surface area is 55.9 Å². The van der Waals surface area contributed by atoms with E-state index in [1.807, 2.05) is 14.8 Å². The maximum Gasteiger partial charge on any atom is 0.174 e. The molecule has 1 saturated heterocycles. The van der Waals surface area contributed by atoms with Crippen LogP contribution in [0.1, 0.15) is 6.92 Å². The third-order valence-corrected chi connectivity index (χ3v) is 1.53. The minimum Gasteiger partial charge on any atom is -0.356 e. The molecule has 4 heteroatoms. The molecule has 52 valence electrons. The van der Waals surface area contributed by atoms with Crippen LogP contribution in [0, 0.1) is 0 Å². The van der Waals surface area contributed by atoms with Gasteiger partial charge in [0, 0.05) is 6.54 Å². The van der Waals surface area contributed by atoms with E-state index in [1.54, 1.807) is 0 Å². The van der Waals surface area contributed by atoms with Crippen LogP contribution in [0.25, 0.3) is 0 Å². The van der Waals surface area contributed by atoms with Crippen LogP contribution in [0.5, 0.6) is 0 Å². The maximum absolute atomic E-state index is 5.38. The van der Waals surface area contributed by atoms with Gasteiger partial charge in [0.15, 0.2) is 7.85 Å². The zero-order valence-electron chi connectivity index (χ0n) is 5.83. The van der Waals surface area contributed by atoms with Gasteiger partial charge in [-0.25, -0.2) is 0 Å². The molecular formula is C5H12BNO2. The summed E-state index contributed by atoms with van der Waals surface area (Å²) in [7, 11) is 1.88. The van der Waals surface area contributed by atoms with Gasteiger partial charge in [0.1, 0.15) is 6.19 Å². The van der Waals surface area contributed by atoms with Crippen molar-refractivity contribution in [3.8, 4) is 0 Å². The predicted octanol–water partition coefficient (Wildman–Crippen LogP) is -1.33. The lowest BCUT2D eigenvalue weighted by Gasteiger charge is -2.07. The lowest BCUT2D eigenvalue weighted by molar-refractivity contribution is 0.00172. The van der Waals surface area contributed by atoms with Crippen LogP contribution < -0.4 is 5.73 Å². The van der Waals surface area contributed by atoms with E-state index in [-0.39, 0.29) is 18.4 Å². The van der Waals surface area contributed by atoms with Crippen molar-refractivity contribution in [2.24, 2.45) is 5.73 Å². The molecule has 1 heterocycles. The number of nitrogens with two attached hydrogens (primary N) is 1. The molecule has 0 aromatic rings. The molecule has 0 saturated carbocycles. The zero-order chi connectivity index (χ0) is 6.85. The van der Waals surface area contributed by atoms with Crippen LogP contribution in [-0.4, -0.2) is 32.8 Å². The van der Waals surface area contributed by atoms with Crippen molar-refractivity contribution in [2.75, 3.05) is 6.54 Å². The second-order valence-electron chi connectivity index (χ2n) is 2.32. The van der Waals surface area contributed by atoms with Crippen molar-refractivity contribution < 1.29 is 9.47 Å². The van der Waals surface area contributed by atoms with Crippen LogP contribution in [0.3, 0.4) is 0 Å². The van der Waals surface area contributed by atoms with E-state index in [0.717, 1.165) is 0 Å². The van der Waals surface area contributed by atoms with Crippen molar-refractivity contribution >= 4 is 7.85 Å². The van der Waals surface area contributed by atoms with E-state index >= 15 is 0 Å². The van der Waals surface area contributed by atoms with Gasteiger partial charge < -0.3 is 15.2 Å². The summed E-state index contributed by atoms with van der Waals surface area (Å²) in [6.45, 7) is 2.52. The summed E-state index contributed by atoms with van der Waals surface area (Å²) in [5.41, 5.74) is 5.38. The molecule has 1 aliphatic heterocycles. The first kappa shape index (κ1) is 7.06. The Morgan fingerprint density at radius 3 is 2.44 bits per heavy atom. The molecule has 3 nitrogen and oxygen atoms in total. The molecule has 1 aliphatic rings. The van der Waals surface area contributed by atoms with E-state index in [9.17, 15) is 0 Å². The van der Waals surface area contributed by atoms with Gasteiger partial charge in [-0.15, -0.1) is 0 Å². The van der Waals surface area contributed by atoms with Gasteiger partial charge in [-0.2, -0.15) is 0 Å². The highest BCUT2D eigenvalue weighted by molar-refractivity contribution is 6.10. The van der Waals surface area contributed by atoms with Crippen molar-refractivity contribution in [1.82, 2.24) is 0 Å². The molecule has 0 spiro atoms. The fourth-order valence-corrected chi connectivity index (χ4v) is 1.03. The summed E-state index contributed by atoms with van der Waals surface area (Å²) in [6.07, 6.45) is 0.179. The van der Waals surface area contributed by atoms with Crippen molar-refractivity contribution in [3.63, 3.8) is 0 Å². The molecule has 3 atom stereocenters. The van der Waals surface area contributed by atoms with Crippen molar-refractivity contribution in [1.29, 1.82) is 0 Å². The third-order valence-electron chi connectivity index (χ3n) is 1.53. The number of ether oxygens (including phenoxy) is 2. The summed E-state index contributed by atoms with van der Waals surface area (Å²) in [6, 6.07) is 0. The fraction of sp³-hybridized carbons (Fsp3) is 1.00. The monoisotopic (exact) mass is 129 g/mol. The molecule has 9 heavy (non-hydrogen) atoms. The average molecular weight is 129 g/mol. The smallest absolute Gasteiger partial charge is 0.174 e. The lowest BCUT2D eigenvalue weighted by Crippen LogP contribution is -2.28. The van der Waals surface area contributed by atoms with Crippen LogP contribution in [0.15, 0.2) is 0 Å². The number of rotatable bonds is 1. The average Bonchev–Trinajstić information content (AvgIpc) is 2.10. The van der Waals surface area contributed by atoms with Crippen LogP contribution in [-0.2, 0) is 9.47 Å². The van der Waals surface area contributed by atoms with Crippen LogP contribution in [0.2, 0.25) is 0 Å². The van der Waals surface area contributed by atoms with E-state index in [4.69, 9.17) is 15.2 Å². The van der Waals surface area contributed by atoms with E-state index in [1.165, 1.54) is 0 Å². The van der Waals surface area contributed by atoms with E-state index in [2.05, 4.69) is 0 Å². The largest absolute Gasteiger partial charge is 0.356 e. The van der Waals surface area contributed by atoms with E-state index < -0.39 is 0 Å². The van der Waals surface area contributed by atoms with Crippen LogP contribution >= 0.6 is 0 Å². The van der Waals surface area contributed by atoms with Gasteiger partial charge in [-0.1, -0.05) is 0 Å². The molecule has 2 N–H and O–H groups in total. The van der Waals surface area contributed by atoms with Gasteiger partial charge in [0.2, 0.25) is 0 Å². The van der Waals surface area contributed by atoms with Gasteiger partial charge in [-0.3, -0.25) is 0 Å². The topological polar surface area (TPSA) is 44.5 Å². The van der Waals surface area contributed by atoms with Crippen molar-refractivity contribution in [2.45, 2.75) is 25.3 Å². The number of hydrogen-bond donors (Lipinski definition) is 1. The summed E-state index contributed by atoms with van der Waals surface area (Å²) in [5, 5.41) is 0. The molecule has 1 fully saturated rings. The molecule has 0 aliphatic carbocycles. The Balaban J connectivity index is 2.38. The molecule has 1 rings (SSSR count). The molecule has 0 radical (unpaired) electrons. The first-order valence-electron chi connectivity index (χ1n) is 3.25. The minimum absolute atomic E-state index is 0.0754. The van der Waals surface area contributed by atoms with Gasteiger partial charge in [0.25, 0.3) is 0 Å². The predicted molar refractivity (Wildman–Crippen MR) is 36.8 cm³/mol. The zero-order valence-corrected chi connectivity index (χ0v) is 5.83.